The second-order valence-electron chi connectivity index (χ2n) is 12.2. The highest BCUT2D eigenvalue weighted by Gasteiger charge is 2.66. The zero-order chi connectivity index (χ0) is 24.1. The maximum atomic E-state index is 6.86. The van der Waals surface area contributed by atoms with Crippen molar-refractivity contribution in [3.63, 3.8) is 0 Å². The molecule has 1 aliphatic carbocycles. The average Bonchev–Trinajstić information content (AvgIpc) is 2.59. The monoisotopic (exact) mass is 488 g/mol. The molecule has 0 aromatic heterocycles. The summed E-state index contributed by atoms with van der Waals surface area (Å²) in [4.78, 5) is 0. The van der Waals surface area contributed by atoms with Gasteiger partial charge in [0, 0.05) is 35.7 Å². The summed E-state index contributed by atoms with van der Waals surface area (Å²) in [6.45, 7) is 20.9. The van der Waals surface area contributed by atoms with Crippen molar-refractivity contribution in [2.24, 2.45) is 5.10 Å². The molecule has 4 aliphatic rings. The molecule has 3 aliphatic heterocycles. The van der Waals surface area contributed by atoms with Crippen molar-refractivity contribution >= 4 is 22.1 Å². The lowest BCUT2D eigenvalue weighted by atomic mass is 9.82. The first-order chi connectivity index (χ1) is 14.5. The van der Waals surface area contributed by atoms with Gasteiger partial charge in [-0.15, -0.1) is 0 Å². The molecule has 8 nitrogen and oxygen atoms in total. The minimum atomic E-state index is -2.11. The minimum Gasteiger partial charge on any atom is -0.408 e. The number of hydrazone groups is 1. The van der Waals surface area contributed by atoms with Gasteiger partial charge in [-0.2, -0.15) is 5.10 Å². The van der Waals surface area contributed by atoms with Crippen molar-refractivity contribution in [1.29, 1.82) is 0 Å². The highest BCUT2D eigenvalue weighted by molar-refractivity contribution is 6.76. The van der Waals surface area contributed by atoms with Crippen LogP contribution in [0.4, 0.5) is 0 Å². The van der Waals surface area contributed by atoms with Crippen LogP contribution in [0.2, 0.25) is 43.8 Å². The Morgan fingerprint density at radius 3 is 2.12 bits per heavy atom. The highest BCUT2D eigenvalue weighted by Crippen LogP contribution is 2.48. The predicted octanol–water partition coefficient (Wildman–Crippen LogP) is 3.86. The van der Waals surface area contributed by atoms with Crippen molar-refractivity contribution in [3.05, 3.63) is 0 Å². The Bertz CT molecular complexity index is 706. The molecule has 1 saturated carbocycles. The van der Waals surface area contributed by atoms with Crippen LogP contribution in [0, 0.1) is 0 Å². The Hall–Kier alpha value is -0.336. The molecule has 4 fully saturated rings. The highest BCUT2D eigenvalue weighted by atomic mass is 28.4. The number of ether oxygens (including phenoxy) is 5. The SMILES string of the molecule is CN(C)N=C1[C@@H]2OC3(C)OC(C2O[Si](C)(C)C(C)(C)C)[C@H](OCOCC[Si](C)(C)C)[C@H]1O3. The van der Waals surface area contributed by atoms with Crippen LogP contribution in [0.5, 0.6) is 0 Å². The second-order valence-corrected chi connectivity index (χ2v) is 22.6. The van der Waals surface area contributed by atoms with Crippen LogP contribution in [-0.4, -0.2) is 91.1 Å². The molecule has 0 aromatic rings. The molecule has 10 heteroatoms. The number of hydrogen-bond donors (Lipinski definition) is 0. The number of rotatable bonds is 9. The van der Waals surface area contributed by atoms with Gasteiger partial charge in [-0.3, -0.25) is 0 Å². The molecule has 32 heavy (non-hydrogen) atoms. The van der Waals surface area contributed by atoms with Gasteiger partial charge in [0.15, 0.2) is 8.32 Å². The van der Waals surface area contributed by atoms with Gasteiger partial charge in [0.25, 0.3) is 5.97 Å². The summed E-state index contributed by atoms with van der Waals surface area (Å²) in [6, 6.07) is 1.10. The Kier molecular flexibility index (Phi) is 7.41. The normalized spacial score (nSPS) is 36.2. The van der Waals surface area contributed by atoms with Gasteiger partial charge in [-0.25, -0.2) is 0 Å². The lowest BCUT2D eigenvalue weighted by Gasteiger charge is -2.61. The van der Waals surface area contributed by atoms with Gasteiger partial charge >= 0.3 is 0 Å². The van der Waals surface area contributed by atoms with E-state index in [0.29, 0.717) is 6.61 Å². The molecule has 0 spiro atoms. The third-order valence-electron chi connectivity index (χ3n) is 6.75. The number of nitrogens with zero attached hydrogens (tertiary/aromatic N) is 2. The van der Waals surface area contributed by atoms with Crippen LogP contribution in [0.25, 0.3) is 0 Å². The zero-order valence-electron chi connectivity index (χ0n) is 21.9. The van der Waals surface area contributed by atoms with Crippen molar-refractivity contribution in [3.8, 4) is 0 Å². The molecule has 6 atom stereocenters. The molecule has 0 N–H and O–H groups in total. The molecule has 0 radical (unpaired) electrons. The van der Waals surface area contributed by atoms with E-state index in [-0.39, 0.29) is 42.4 Å². The fraction of sp³-hybridized carbons (Fsp3) is 0.955. The van der Waals surface area contributed by atoms with E-state index >= 15 is 0 Å². The van der Waals surface area contributed by atoms with E-state index in [2.05, 4.69) is 53.5 Å². The first-order valence-electron chi connectivity index (χ1n) is 11.7. The van der Waals surface area contributed by atoms with E-state index in [1.54, 1.807) is 5.01 Å². The first kappa shape index (κ1) is 26.3. The average molecular weight is 489 g/mol. The van der Waals surface area contributed by atoms with E-state index < -0.39 is 22.4 Å². The van der Waals surface area contributed by atoms with Crippen LogP contribution < -0.4 is 0 Å². The van der Waals surface area contributed by atoms with E-state index in [1.165, 1.54) is 0 Å². The van der Waals surface area contributed by atoms with Gasteiger partial charge in [0.1, 0.15) is 43.0 Å². The zero-order valence-corrected chi connectivity index (χ0v) is 23.9. The number of hydrogen-bond acceptors (Lipinski definition) is 8. The van der Waals surface area contributed by atoms with E-state index in [4.69, 9.17) is 33.2 Å². The van der Waals surface area contributed by atoms with Crippen LogP contribution in [0.3, 0.4) is 0 Å². The predicted molar refractivity (Wildman–Crippen MR) is 130 cm³/mol. The maximum absolute atomic E-state index is 6.86. The van der Waals surface area contributed by atoms with Crippen LogP contribution in [0.1, 0.15) is 27.7 Å². The standard InChI is InChI=1S/C22H44N2O6Si2/c1-21(2,3)32(10,11)30-20-17-15(23-24(5)6)16-18(19(20)29-22(4,27-16)28-17)26-14-25-12-13-31(7,8)9/h16-20H,12-14H2,1-11H3/t16-,17-,18+,19?,20?,22?/m0/s1. The Morgan fingerprint density at radius 2 is 1.59 bits per heavy atom. The van der Waals surface area contributed by atoms with Crippen LogP contribution in [-0.2, 0) is 28.1 Å². The maximum Gasteiger partial charge on any atom is 0.281 e. The largest absolute Gasteiger partial charge is 0.408 e. The fourth-order valence-corrected chi connectivity index (χ4v) is 6.00. The summed E-state index contributed by atoms with van der Waals surface area (Å²) in [5.74, 6) is -1.11. The van der Waals surface area contributed by atoms with Crippen LogP contribution in [0.15, 0.2) is 5.10 Å². The van der Waals surface area contributed by atoms with Gasteiger partial charge in [-0.05, 0) is 24.2 Å². The molecule has 4 rings (SSSR count). The summed E-state index contributed by atoms with van der Waals surface area (Å²) in [7, 11) is 0.536. The van der Waals surface area contributed by atoms with E-state index in [1.807, 2.05) is 21.0 Å². The Balaban J connectivity index is 1.82. The molecular weight excluding hydrogens is 444 g/mol. The van der Waals surface area contributed by atoms with E-state index in [9.17, 15) is 0 Å². The Morgan fingerprint density at radius 1 is 1.00 bits per heavy atom. The second kappa shape index (κ2) is 9.03. The molecule has 3 unspecified atom stereocenters. The lowest BCUT2D eigenvalue weighted by Crippen LogP contribution is -2.78. The minimum absolute atomic E-state index is 0.0528. The van der Waals surface area contributed by atoms with Crippen molar-refractivity contribution in [1.82, 2.24) is 5.01 Å². The molecular formula is C22H44N2O6Si2. The molecule has 3 saturated heterocycles. The van der Waals surface area contributed by atoms with Crippen molar-refractivity contribution in [2.45, 2.75) is 108 Å². The molecule has 0 amide bonds. The topological polar surface area (TPSA) is 71.0 Å². The Labute approximate surface area is 196 Å². The summed E-state index contributed by atoms with van der Waals surface area (Å²) < 4.78 is 37.6. The van der Waals surface area contributed by atoms with Gasteiger partial charge in [-0.1, -0.05) is 40.4 Å². The summed E-state index contributed by atoms with van der Waals surface area (Å²) in [5, 5.41) is 6.57. The lowest BCUT2D eigenvalue weighted by molar-refractivity contribution is -0.491. The van der Waals surface area contributed by atoms with Crippen molar-refractivity contribution in [2.75, 3.05) is 27.5 Å². The van der Waals surface area contributed by atoms with Gasteiger partial charge in [0.05, 0.1) is 0 Å². The third-order valence-corrected chi connectivity index (χ3v) is 12.9. The van der Waals surface area contributed by atoms with Crippen LogP contribution >= 0.6 is 0 Å². The van der Waals surface area contributed by atoms with Crippen molar-refractivity contribution < 1.29 is 28.1 Å². The summed E-state index contributed by atoms with van der Waals surface area (Å²) in [5.41, 5.74) is 0.794. The third kappa shape index (κ3) is 5.65. The smallest absolute Gasteiger partial charge is 0.281 e. The summed E-state index contributed by atoms with van der Waals surface area (Å²) >= 11 is 0. The molecule has 4 bridgehead atoms. The molecule has 0 aromatic carbocycles. The molecule has 186 valence electrons. The summed E-state index contributed by atoms with van der Waals surface area (Å²) in [6.07, 6.45) is -1.69. The first-order valence-corrected chi connectivity index (χ1v) is 18.3. The van der Waals surface area contributed by atoms with Gasteiger partial charge < -0.3 is 33.1 Å². The van der Waals surface area contributed by atoms with E-state index in [0.717, 1.165) is 11.8 Å². The van der Waals surface area contributed by atoms with Gasteiger partial charge in [0.2, 0.25) is 0 Å². The quantitative estimate of drug-likeness (QED) is 0.211. The molecule has 3 heterocycles. The fourth-order valence-electron chi connectivity index (χ4n) is 3.95.